The minimum atomic E-state index is -0.833. The summed E-state index contributed by atoms with van der Waals surface area (Å²) in [4.78, 5) is 99.0. The van der Waals surface area contributed by atoms with Crippen LogP contribution in [0.25, 0.3) is 0 Å². The van der Waals surface area contributed by atoms with Crippen molar-refractivity contribution in [3.63, 3.8) is 0 Å². The van der Waals surface area contributed by atoms with Gasteiger partial charge in [-0.05, 0) is 0 Å². The Balaban J connectivity index is -0.0000000302. The highest BCUT2D eigenvalue weighted by Crippen LogP contribution is 1.45. The summed E-state index contributed by atoms with van der Waals surface area (Å²) in [7, 11) is 0. The number of carboxylic acids is 11. The second kappa shape index (κ2) is 65.9. The first-order chi connectivity index (χ1) is 19.1. The molecule has 0 fully saturated rings. The van der Waals surface area contributed by atoms with E-state index in [-0.39, 0.29) is 0 Å². The van der Waals surface area contributed by atoms with Gasteiger partial charge >= 0.3 is 0 Å². The largest absolute Gasteiger partial charge is 0.481 e. The highest BCUT2D eigenvalue weighted by Gasteiger charge is 1.69. The Morgan fingerprint density at radius 2 is 0.182 bits per heavy atom. The smallest absolute Gasteiger partial charge is 0.300 e. The van der Waals surface area contributed by atoms with Crippen LogP contribution < -0.4 is 0 Å². The lowest BCUT2D eigenvalue weighted by Crippen LogP contribution is -1.78. The molecule has 0 aromatic carbocycles. The molecule has 0 amide bonds. The lowest BCUT2D eigenvalue weighted by Gasteiger charge is -1.59. The molecular formula is C22H44O22. The molecule has 0 unspecified atom stereocenters. The fourth-order valence-corrected chi connectivity index (χ4v) is 0. The summed E-state index contributed by atoms with van der Waals surface area (Å²) in [5.74, 6) is -9.17. The minimum Gasteiger partial charge on any atom is -0.481 e. The molecule has 0 aromatic rings. The first kappa shape index (κ1) is 71.4. The van der Waals surface area contributed by atoms with Gasteiger partial charge in [0, 0.05) is 76.2 Å². The van der Waals surface area contributed by atoms with Crippen LogP contribution >= 0.6 is 0 Å². The zero-order valence-electron chi connectivity index (χ0n) is 25.9. The molecule has 0 saturated heterocycles. The number of carboxylic acid groups (broad SMARTS) is 11. The van der Waals surface area contributed by atoms with Crippen LogP contribution in [0.3, 0.4) is 0 Å². The van der Waals surface area contributed by atoms with Crippen molar-refractivity contribution in [3.05, 3.63) is 0 Å². The number of rotatable bonds is 0. The van der Waals surface area contributed by atoms with Crippen LogP contribution in [0.5, 0.6) is 0 Å². The van der Waals surface area contributed by atoms with Crippen molar-refractivity contribution in [3.8, 4) is 0 Å². The maximum Gasteiger partial charge on any atom is 0.300 e. The van der Waals surface area contributed by atoms with Crippen LogP contribution in [-0.2, 0) is 52.7 Å². The molecular weight excluding hydrogens is 616 g/mol. The van der Waals surface area contributed by atoms with Gasteiger partial charge in [0.15, 0.2) is 0 Å². The van der Waals surface area contributed by atoms with Gasteiger partial charge in [-0.3, -0.25) is 52.7 Å². The van der Waals surface area contributed by atoms with Crippen molar-refractivity contribution in [2.24, 2.45) is 0 Å². The average molecular weight is 661 g/mol. The van der Waals surface area contributed by atoms with Crippen LogP contribution in [-0.4, -0.2) is 122 Å². The first-order valence-corrected chi connectivity index (χ1v) is 10.2. The van der Waals surface area contributed by atoms with Crippen LogP contribution in [0.4, 0.5) is 0 Å². The summed E-state index contributed by atoms with van der Waals surface area (Å²) >= 11 is 0. The SMILES string of the molecule is CC(=O)O.CC(=O)O.CC(=O)O.CC(=O)O.CC(=O)O.CC(=O)O.CC(=O)O.CC(=O)O.CC(=O)O.CC(=O)O.CC(=O)O. The molecule has 0 heterocycles. The van der Waals surface area contributed by atoms with E-state index in [0.29, 0.717) is 0 Å². The van der Waals surface area contributed by atoms with Gasteiger partial charge in [-0.1, -0.05) is 0 Å². The summed E-state index contributed by atoms with van der Waals surface area (Å²) in [6, 6.07) is 0. The summed E-state index contributed by atoms with van der Waals surface area (Å²) < 4.78 is 0. The molecule has 44 heavy (non-hydrogen) atoms. The van der Waals surface area contributed by atoms with E-state index in [0.717, 1.165) is 76.2 Å². The highest BCUT2D eigenvalue weighted by molar-refractivity contribution is 5.65. The quantitative estimate of drug-likeness (QED) is 0.172. The first-order valence-electron chi connectivity index (χ1n) is 10.2. The summed E-state index contributed by atoms with van der Waals surface area (Å²) in [6.45, 7) is 11.9. The van der Waals surface area contributed by atoms with Crippen molar-refractivity contribution >= 4 is 65.7 Å². The van der Waals surface area contributed by atoms with E-state index in [1.54, 1.807) is 0 Å². The van der Waals surface area contributed by atoms with E-state index in [4.69, 9.17) is 109 Å². The van der Waals surface area contributed by atoms with E-state index < -0.39 is 65.7 Å². The molecule has 0 radical (unpaired) electrons. The van der Waals surface area contributed by atoms with E-state index >= 15 is 0 Å². The lowest BCUT2D eigenvalue weighted by atomic mass is 10.9. The van der Waals surface area contributed by atoms with Crippen molar-refractivity contribution in [2.75, 3.05) is 0 Å². The van der Waals surface area contributed by atoms with Crippen molar-refractivity contribution in [2.45, 2.75) is 76.2 Å². The van der Waals surface area contributed by atoms with E-state index in [1.807, 2.05) is 0 Å². The Morgan fingerprint density at radius 1 is 0.182 bits per heavy atom. The number of carbonyl (C=O) groups is 11. The predicted octanol–water partition coefficient (Wildman–Crippen LogP) is 1.000. The summed E-state index contributed by atoms with van der Waals surface area (Å²) in [5, 5.41) is 81.6. The molecule has 0 rings (SSSR count). The Labute approximate surface area is 251 Å². The van der Waals surface area contributed by atoms with Gasteiger partial charge in [-0.2, -0.15) is 0 Å². The van der Waals surface area contributed by atoms with Crippen molar-refractivity contribution in [1.82, 2.24) is 0 Å². The molecule has 0 aliphatic heterocycles. The molecule has 0 saturated carbocycles. The fourth-order valence-electron chi connectivity index (χ4n) is 0. The highest BCUT2D eigenvalue weighted by atomic mass is 16.4. The van der Waals surface area contributed by atoms with Gasteiger partial charge in [0.05, 0.1) is 0 Å². The third-order valence-corrected chi connectivity index (χ3v) is 0. The van der Waals surface area contributed by atoms with Gasteiger partial charge in [0.25, 0.3) is 65.7 Å². The normalized spacial score (nSPS) is 6.25. The van der Waals surface area contributed by atoms with Gasteiger partial charge in [0.1, 0.15) is 0 Å². The van der Waals surface area contributed by atoms with E-state index in [1.165, 1.54) is 0 Å². The Kier molecular flexibility index (Phi) is 107. The third-order valence-electron chi connectivity index (χ3n) is 0. The van der Waals surface area contributed by atoms with Crippen molar-refractivity contribution in [1.29, 1.82) is 0 Å². The fraction of sp³-hybridized carbons (Fsp3) is 0.500. The molecule has 0 aromatic heterocycles. The van der Waals surface area contributed by atoms with E-state index in [2.05, 4.69) is 0 Å². The van der Waals surface area contributed by atoms with Gasteiger partial charge < -0.3 is 56.2 Å². The molecule has 22 nitrogen and oxygen atoms in total. The molecule has 11 N–H and O–H groups in total. The number of hydrogen-bond donors (Lipinski definition) is 11. The zero-order chi connectivity index (χ0) is 39.4. The number of hydrogen-bond acceptors (Lipinski definition) is 11. The third kappa shape index (κ3) is 1320. The Bertz CT molecular complexity index is 526. The van der Waals surface area contributed by atoms with Crippen LogP contribution in [0.15, 0.2) is 0 Å². The number of aliphatic carboxylic acids is 11. The minimum absolute atomic E-state index is 0.833. The zero-order valence-corrected chi connectivity index (χ0v) is 25.9. The Morgan fingerprint density at radius 3 is 0.182 bits per heavy atom. The maximum absolute atomic E-state index is 9.00. The van der Waals surface area contributed by atoms with Gasteiger partial charge in [-0.15, -0.1) is 0 Å². The van der Waals surface area contributed by atoms with Gasteiger partial charge in [-0.25, -0.2) is 0 Å². The standard InChI is InChI=1S/11C2H4O2/c11*1-2(3)4/h11*1H3,(H,3,4). The Hall–Kier alpha value is -5.83. The molecule has 0 atom stereocenters. The summed E-state index contributed by atoms with van der Waals surface area (Å²) in [5.41, 5.74) is 0. The van der Waals surface area contributed by atoms with Crippen LogP contribution in [0.1, 0.15) is 76.2 Å². The maximum atomic E-state index is 9.00. The van der Waals surface area contributed by atoms with Crippen LogP contribution in [0, 0.1) is 0 Å². The van der Waals surface area contributed by atoms with Gasteiger partial charge in [0.2, 0.25) is 0 Å². The molecule has 0 aliphatic rings. The second-order valence-corrected chi connectivity index (χ2v) is 5.71. The molecule has 0 spiro atoms. The summed E-state index contributed by atoms with van der Waals surface area (Å²) in [6.07, 6.45) is 0. The molecule has 264 valence electrons. The topological polar surface area (TPSA) is 410 Å². The van der Waals surface area contributed by atoms with Crippen molar-refractivity contribution < 1.29 is 109 Å². The average Bonchev–Trinajstić information content (AvgIpc) is 2.55. The second-order valence-electron chi connectivity index (χ2n) is 5.71. The monoisotopic (exact) mass is 660 g/mol. The van der Waals surface area contributed by atoms with Crippen LogP contribution in [0.2, 0.25) is 0 Å². The molecule has 22 heteroatoms. The molecule has 0 bridgehead atoms. The predicted molar refractivity (Wildman–Crippen MR) is 146 cm³/mol. The van der Waals surface area contributed by atoms with E-state index in [9.17, 15) is 0 Å². The molecule has 0 aliphatic carbocycles. The lowest BCUT2D eigenvalue weighted by molar-refractivity contribution is -0.135.